The Balaban J connectivity index is 2.41. The molecule has 0 aromatic carbocycles. The monoisotopic (exact) mass is 252 g/mol. The van der Waals surface area contributed by atoms with E-state index in [1.54, 1.807) is 6.20 Å². The van der Waals surface area contributed by atoms with Crippen molar-refractivity contribution in [1.29, 1.82) is 0 Å². The highest BCUT2D eigenvalue weighted by atomic mass is 79.9. The predicted molar refractivity (Wildman–Crippen MR) is 58.5 cm³/mol. The fourth-order valence-corrected chi connectivity index (χ4v) is 2.30. The highest BCUT2D eigenvalue weighted by Crippen LogP contribution is 2.35. The lowest BCUT2D eigenvalue weighted by Crippen LogP contribution is -2.18. The molecule has 2 heterocycles. The predicted octanol–water partition coefficient (Wildman–Crippen LogP) is 2.43. The van der Waals surface area contributed by atoms with Crippen LogP contribution >= 0.6 is 15.9 Å². The van der Waals surface area contributed by atoms with Crippen LogP contribution in [0.2, 0.25) is 0 Å². The van der Waals surface area contributed by atoms with E-state index in [0.29, 0.717) is 11.6 Å². The number of halogens is 1. The zero-order valence-corrected chi connectivity index (χ0v) is 9.04. The Hall–Kier alpha value is -1.03. The molecule has 0 aliphatic heterocycles. The maximum absolute atomic E-state index is 11.9. The molecule has 2 aromatic rings. The summed E-state index contributed by atoms with van der Waals surface area (Å²) < 4.78 is 2.81. The van der Waals surface area contributed by atoms with Gasteiger partial charge in [0, 0.05) is 28.3 Å². The standard InChI is InChI=1S/C10H9BrN2O/c11-8-5-13(6-1-2-6)10(14)9-7(8)3-4-12-9/h3-6,12H,1-2H2. The lowest BCUT2D eigenvalue weighted by atomic mass is 10.3. The smallest absolute Gasteiger partial charge is 0.275 e. The molecule has 1 fully saturated rings. The van der Waals surface area contributed by atoms with Gasteiger partial charge in [-0.25, -0.2) is 0 Å². The molecule has 1 aliphatic rings. The first kappa shape index (κ1) is 8.29. The SMILES string of the molecule is O=c1c2[nH]ccc2c(Br)cn1C1CC1. The molecule has 0 amide bonds. The van der Waals surface area contributed by atoms with Crippen LogP contribution < -0.4 is 5.56 Å². The van der Waals surface area contributed by atoms with Gasteiger partial charge in [-0.2, -0.15) is 0 Å². The first-order valence-electron chi connectivity index (χ1n) is 4.65. The summed E-state index contributed by atoms with van der Waals surface area (Å²) in [6.45, 7) is 0. The molecule has 1 N–H and O–H groups in total. The third-order valence-corrected chi connectivity index (χ3v) is 3.28. The number of fused-ring (bicyclic) bond motifs is 1. The number of hydrogen-bond acceptors (Lipinski definition) is 1. The molecule has 0 radical (unpaired) electrons. The third-order valence-electron chi connectivity index (χ3n) is 2.65. The van der Waals surface area contributed by atoms with Crippen LogP contribution in [-0.2, 0) is 0 Å². The van der Waals surface area contributed by atoms with Gasteiger partial charge in [0.2, 0.25) is 0 Å². The second-order valence-electron chi connectivity index (χ2n) is 3.69. The molecule has 1 aliphatic carbocycles. The minimum absolute atomic E-state index is 0.0932. The van der Waals surface area contributed by atoms with E-state index in [1.807, 2.05) is 16.8 Å². The zero-order chi connectivity index (χ0) is 9.71. The highest BCUT2D eigenvalue weighted by Gasteiger charge is 2.25. The van der Waals surface area contributed by atoms with E-state index in [9.17, 15) is 4.79 Å². The molecule has 0 saturated heterocycles. The molecule has 3 nitrogen and oxygen atoms in total. The van der Waals surface area contributed by atoms with Gasteiger partial charge >= 0.3 is 0 Å². The molecule has 1 saturated carbocycles. The summed E-state index contributed by atoms with van der Waals surface area (Å²) in [5.74, 6) is 0. The zero-order valence-electron chi connectivity index (χ0n) is 7.46. The molecular formula is C10H9BrN2O. The molecule has 0 unspecified atom stereocenters. The van der Waals surface area contributed by atoms with Crippen LogP contribution in [0.15, 0.2) is 27.7 Å². The van der Waals surface area contributed by atoms with Crippen LogP contribution in [-0.4, -0.2) is 9.55 Å². The number of aromatic nitrogens is 2. The van der Waals surface area contributed by atoms with Crippen LogP contribution in [0.1, 0.15) is 18.9 Å². The van der Waals surface area contributed by atoms with Crippen molar-refractivity contribution in [2.75, 3.05) is 0 Å². The van der Waals surface area contributed by atoms with Crippen molar-refractivity contribution in [2.24, 2.45) is 0 Å². The number of hydrogen-bond donors (Lipinski definition) is 1. The molecule has 0 spiro atoms. The maximum Gasteiger partial charge on any atom is 0.275 e. The quantitative estimate of drug-likeness (QED) is 0.832. The molecule has 4 heteroatoms. The number of pyridine rings is 1. The van der Waals surface area contributed by atoms with E-state index in [1.165, 1.54) is 0 Å². The molecule has 0 bridgehead atoms. The van der Waals surface area contributed by atoms with Crippen molar-refractivity contribution >= 4 is 26.8 Å². The summed E-state index contributed by atoms with van der Waals surface area (Å²) in [6, 6.07) is 2.34. The number of rotatable bonds is 1. The van der Waals surface area contributed by atoms with Crippen molar-refractivity contribution in [1.82, 2.24) is 9.55 Å². The summed E-state index contributed by atoms with van der Waals surface area (Å²) in [5.41, 5.74) is 0.793. The van der Waals surface area contributed by atoms with Crippen molar-refractivity contribution < 1.29 is 0 Å². The van der Waals surface area contributed by atoms with Crippen LogP contribution in [0.25, 0.3) is 10.9 Å². The molecule has 3 rings (SSSR count). The van der Waals surface area contributed by atoms with Gasteiger partial charge in [0.1, 0.15) is 5.52 Å². The topological polar surface area (TPSA) is 37.8 Å². The Labute approximate surface area is 88.9 Å². The Kier molecular flexibility index (Phi) is 1.62. The first-order valence-corrected chi connectivity index (χ1v) is 5.44. The average molecular weight is 253 g/mol. The van der Waals surface area contributed by atoms with E-state index >= 15 is 0 Å². The molecular weight excluding hydrogens is 244 g/mol. The molecule has 0 atom stereocenters. The minimum Gasteiger partial charge on any atom is -0.357 e. The van der Waals surface area contributed by atoms with Gasteiger partial charge < -0.3 is 9.55 Å². The summed E-state index contributed by atoms with van der Waals surface area (Å²) in [6.07, 6.45) is 5.95. The average Bonchev–Trinajstić information content (AvgIpc) is 2.88. The second kappa shape index (κ2) is 2.73. The molecule has 72 valence electrons. The summed E-state index contributed by atoms with van der Waals surface area (Å²) in [7, 11) is 0. The van der Waals surface area contributed by atoms with Gasteiger partial charge in [0.25, 0.3) is 5.56 Å². The van der Waals surface area contributed by atoms with E-state index in [0.717, 1.165) is 22.7 Å². The summed E-state index contributed by atoms with van der Waals surface area (Å²) in [4.78, 5) is 14.9. The molecule has 2 aromatic heterocycles. The lowest BCUT2D eigenvalue weighted by molar-refractivity contribution is 0.711. The summed E-state index contributed by atoms with van der Waals surface area (Å²) in [5, 5.41) is 0.965. The van der Waals surface area contributed by atoms with Crippen LogP contribution in [0.3, 0.4) is 0 Å². The van der Waals surface area contributed by atoms with Crippen molar-refractivity contribution in [2.45, 2.75) is 18.9 Å². The first-order chi connectivity index (χ1) is 6.77. The van der Waals surface area contributed by atoms with Crippen molar-refractivity contribution in [3.8, 4) is 0 Å². The van der Waals surface area contributed by atoms with Crippen molar-refractivity contribution in [3.05, 3.63) is 33.3 Å². The van der Waals surface area contributed by atoms with Crippen LogP contribution in [0.5, 0.6) is 0 Å². The van der Waals surface area contributed by atoms with E-state index in [2.05, 4.69) is 20.9 Å². The number of H-pyrrole nitrogens is 1. The summed E-state index contributed by atoms with van der Waals surface area (Å²) >= 11 is 3.48. The van der Waals surface area contributed by atoms with E-state index in [-0.39, 0.29) is 5.56 Å². The van der Waals surface area contributed by atoms with Gasteiger partial charge in [0.15, 0.2) is 0 Å². The number of nitrogens with zero attached hydrogens (tertiary/aromatic N) is 1. The number of nitrogens with one attached hydrogen (secondary N) is 1. The lowest BCUT2D eigenvalue weighted by Gasteiger charge is -2.04. The third kappa shape index (κ3) is 1.07. The van der Waals surface area contributed by atoms with Gasteiger partial charge in [-0.1, -0.05) is 0 Å². The van der Waals surface area contributed by atoms with E-state index in [4.69, 9.17) is 0 Å². The molecule has 14 heavy (non-hydrogen) atoms. The van der Waals surface area contributed by atoms with Crippen LogP contribution in [0, 0.1) is 0 Å². The Morgan fingerprint density at radius 2 is 2.29 bits per heavy atom. The fraction of sp³-hybridized carbons (Fsp3) is 0.300. The van der Waals surface area contributed by atoms with Crippen LogP contribution in [0.4, 0.5) is 0 Å². The van der Waals surface area contributed by atoms with Gasteiger partial charge in [-0.15, -0.1) is 0 Å². The Morgan fingerprint density at radius 3 is 3.00 bits per heavy atom. The van der Waals surface area contributed by atoms with Gasteiger partial charge in [0.05, 0.1) is 0 Å². The highest BCUT2D eigenvalue weighted by molar-refractivity contribution is 9.10. The largest absolute Gasteiger partial charge is 0.357 e. The second-order valence-corrected chi connectivity index (χ2v) is 4.54. The fourth-order valence-electron chi connectivity index (χ4n) is 1.75. The minimum atomic E-state index is 0.0932. The normalized spacial score (nSPS) is 16.4. The Morgan fingerprint density at radius 1 is 1.50 bits per heavy atom. The van der Waals surface area contributed by atoms with Crippen molar-refractivity contribution in [3.63, 3.8) is 0 Å². The number of aromatic amines is 1. The Bertz CT molecular complexity index is 551. The van der Waals surface area contributed by atoms with E-state index < -0.39 is 0 Å². The van der Waals surface area contributed by atoms with Gasteiger partial charge in [-0.05, 0) is 34.8 Å². The maximum atomic E-state index is 11.9. The van der Waals surface area contributed by atoms with Gasteiger partial charge in [-0.3, -0.25) is 4.79 Å².